The monoisotopic (exact) mass is 283 g/mol. The molecule has 19 heavy (non-hydrogen) atoms. The molecule has 0 fully saturated rings. The van der Waals surface area contributed by atoms with Crippen molar-refractivity contribution in [3.8, 4) is 0 Å². The summed E-state index contributed by atoms with van der Waals surface area (Å²) in [6, 6.07) is 0. The van der Waals surface area contributed by atoms with E-state index >= 15 is 0 Å². The van der Waals surface area contributed by atoms with Crippen LogP contribution in [0.2, 0.25) is 0 Å². The van der Waals surface area contributed by atoms with Crippen molar-refractivity contribution >= 4 is 12.4 Å². The van der Waals surface area contributed by atoms with E-state index in [0.29, 0.717) is 0 Å². The Kier molecular flexibility index (Phi) is 5.57. The van der Waals surface area contributed by atoms with E-state index in [1.807, 2.05) is 29.5 Å². The summed E-state index contributed by atoms with van der Waals surface area (Å²) in [4.78, 5) is 0. The summed E-state index contributed by atoms with van der Waals surface area (Å²) in [6.07, 6.45) is 3.99. The van der Waals surface area contributed by atoms with Gasteiger partial charge in [0.15, 0.2) is 0 Å². The average molecular weight is 284 g/mol. The van der Waals surface area contributed by atoms with Crippen molar-refractivity contribution in [1.82, 2.24) is 24.9 Å². The molecule has 1 N–H and O–H groups in total. The molecule has 0 saturated heterocycles. The number of halogens is 1. The Hall–Kier alpha value is -1.33. The molecule has 0 unspecified atom stereocenters. The molecule has 0 bridgehead atoms. The van der Waals surface area contributed by atoms with Crippen LogP contribution in [0.3, 0.4) is 0 Å². The fraction of sp³-hybridized carbons (Fsp3) is 0.538. The number of nitrogens with one attached hydrogen (secondary N) is 1. The van der Waals surface area contributed by atoms with Crippen molar-refractivity contribution in [3.63, 3.8) is 0 Å². The van der Waals surface area contributed by atoms with Gasteiger partial charge in [0.1, 0.15) is 0 Å². The van der Waals surface area contributed by atoms with Crippen LogP contribution in [0, 0.1) is 13.8 Å². The second-order valence-electron chi connectivity index (χ2n) is 4.61. The quantitative estimate of drug-likeness (QED) is 0.913. The molecule has 0 atom stereocenters. The largest absolute Gasteiger partial charge is 0.307 e. The van der Waals surface area contributed by atoms with Crippen LogP contribution in [0.25, 0.3) is 0 Å². The smallest absolute Gasteiger partial charge is 0.0638 e. The van der Waals surface area contributed by atoms with E-state index in [2.05, 4.69) is 35.6 Å². The molecule has 0 aliphatic carbocycles. The zero-order valence-corrected chi connectivity index (χ0v) is 12.8. The van der Waals surface area contributed by atoms with Gasteiger partial charge in [0.05, 0.1) is 17.6 Å². The lowest BCUT2D eigenvalue weighted by Gasteiger charge is -2.07. The zero-order valence-electron chi connectivity index (χ0n) is 12.0. The first-order valence-corrected chi connectivity index (χ1v) is 6.33. The van der Waals surface area contributed by atoms with Crippen LogP contribution >= 0.6 is 12.4 Å². The van der Waals surface area contributed by atoms with Crippen LogP contribution in [0.1, 0.15) is 29.4 Å². The SMILES string of the molecule is CCn1ncc(C)c1CNCc1cn(C)nc1C.Cl. The minimum absolute atomic E-state index is 0. The van der Waals surface area contributed by atoms with E-state index in [4.69, 9.17) is 0 Å². The molecule has 0 amide bonds. The lowest BCUT2D eigenvalue weighted by atomic mass is 10.2. The van der Waals surface area contributed by atoms with E-state index in [-0.39, 0.29) is 12.4 Å². The van der Waals surface area contributed by atoms with Crippen LogP contribution in [0.4, 0.5) is 0 Å². The Morgan fingerprint density at radius 1 is 1.26 bits per heavy atom. The Labute approximate surface area is 120 Å². The first kappa shape index (κ1) is 15.7. The molecular formula is C13H22ClN5. The van der Waals surface area contributed by atoms with Crippen LogP contribution in [0.5, 0.6) is 0 Å². The summed E-state index contributed by atoms with van der Waals surface area (Å²) in [5.41, 5.74) is 4.84. The summed E-state index contributed by atoms with van der Waals surface area (Å²) in [7, 11) is 1.95. The fourth-order valence-corrected chi connectivity index (χ4v) is 2.15. The molecule has 6 heteroatoms. The predicted octanol–water partition coefficient (Wildman–Crippen LogP) is 1.96. The van der Waals surface area contributed by atoms with Crippen molar-refractivity contribution in [2.45, 2.75) is 40.4 Å². The maximum absolute atomic E-state index is 4.34. The molecule has 106 valence electrons. The normalized spacial score (nSPS) is 10.5. The lowest BCUT2D eigenvalue weighted by Crippen LogP contribution is -2.17. The van der Waals surface area contributed by atoms with Crippen molar-refractivity contribution in [1.29, 1.82) is 0 Å². The molecule has 0 spiro atoms. The highest BCUT2D eigenvalue weighted by Gasteiger charge is 2.07. The van der Waals surface area contributed by atoms with Gasteiger partial charge in [-0.05, 0) is 26.3 Å². The minimum Gasteiger partial charge on any atom is -0.307 e. The van der Waals surface area contributed by atoms with Crippen LogP contribution in [0.15, 0.2) is 12.4 Å². The highest BCUT2D eigenvalue weighted by molar-refractivity contribution is 5.85. The molecule has 2 rings (SSSR count). The third-order valence-electron chi connectivity index (χ3n) is 3.18. The number of hydrogen-bond donors (Lipinski definition) is 1. The third-order valence-corrected chi connectivity index (χ3v) is 3.18. The second-order valence-corrected chi connectivity index (χ2v) is 4.61. The highest BCUT2D eigenvalue weighted by atomic mass is 35.5. The molecule has 0 aromatic carbocycles. The van der Waals surface area contributed by atoms with Crippen molar-refractivity contribution in [3.05, 3.63) is 34.9 Å². The highest BCUT2D eigenvalue weighted by Crippen LogP contribution is 2.08. The second kappa shape index (κ2) is 6.73. The Morgan fingerprint density at radius 2 is 2.00 bits per heavy atom. The predicted molar refractivity (Wildman–Crippen MR) is 78.4 cm³/mol. The molecule has 2 aromatic heterocycles. The Morgan fingerprint density at radius 3 is 2.58 bits per heavy atom. The van der Waals surface area contributed by atoms with E-state index in [1.165, 1.54) is 16.8 Å². The first-order chi connectivity index (χ1) is 8.61. The fourth-order valence-electron chi connectivity index (χ4n) is 2.15. The van der Waals surface area contributed by atoms with Crippen LogP contribution < -0.4 is 5.32 Å². The summed E-state index contributed by atoms with van der Waals surface area (Å²) in [5.74, 6) is 0. The zero-order chi connectivity index (χ0) is 13.1. The molecule has 0 radical (unpaired) electrons. The van der Waals surface area contributed by atoms with Gasteiger partial charge in [0.2, 0.25) is 0 Å². The van der Waals surface area contributed by atoms with Crippen LogP contribution in [-0.2, 0) is 26.7 Å². The summed E-state index contributed by atoms with van der Waals surface area (Å²) in [5, 5.41) is 12.1. The molecule has 0 aliphatic rings. The molecule has 2 heterocycles. The van der Waals surface area contributed by atoms with Crippen LogP contribution in [-0.4, -0.2) is 19.6 Å². The summed E-state index contributed by atoms with van der Waals surface area (Å²) < 4.78 is 3.90. The number of hydrogen-bond acceptors (Lipinski definition) is 3. The van der Waals surface area contributed by atoms with Crippen molar-refractivity contribution < 1.29 is 0 Å². The molecule has 0 saturated carbocycles. The Balaban J connectivity index is 0.00000180. The number of aryl methyl sites for hydroxylation is 4. The van der Waals surface area contributed by atoms with Gasteiger partial charge in [-0.2, -0.15) is 10.2 Å². The third kappa shape index (κ3) is 3.58. The topological polar surface area (TPSA) is 47.7 Å². The van der Waals surface area contributed by atoms with Gasteiger partial charge in [-0.3, -0.25) is 9.36 Å². The van der Waals surface area contributed by atoms with Gasteiger partial charge >= 0.3 is 0 Å². The summed E-state index contributed by atoms with van der Waals surface area (Å²) >= 11 is 0. The van der Waals surface area contributed by atoms with Gasteiger partial charge in [-0.15, -0.1) is 12.4 Å². The Bertz CT molecular complexity index is 529. The standard InChI is InChI=1S/C13H21N5.ClH/c1-5-18-13(10(2)6-15-18)8-14-7-12-9-17(4)16-11(12)3;/h6,9,14H,5,7-8H2,1-4H3;1H. The first-order valence-electron chi connectivity index (χ1n) is 6.33. The van der Waals surface area contributed by atoms with E-state index in [1.54, 1.807) is 0 Å². The molecule has 0 aliphatic heterocycles. The van der Waals surface area contributed by atoms with Gasteiger partial charge in [0.25, 0.3) is 0 Å². The lowest BCUT2D eigenvalue weighted by molar-refractivity contribution is 0.579. The van der Waals surface area contributed by atoms with Crippen molar-refractivity contribution in [2.24, 2.45) is 7.05 Å². The number of rotatable bonds is 5. The van der Waals surface area contributed by atoms with Gasteiger partial charge in [-0.25, -0.2) is 0 Å². The molecule has 5 nitrogen and oxygen atoms in total. The average Bonchev–Trinajstić information content (AvgIpc) is 2.83. The number of nitrogens with zero attached hydrogens (tertiary/aromatic N) is 4. The van der Waals surface area contributed by atoms with Gasteiger partial charge < -0.3 is 5.32 Å². The van der Waals surface area contributed by atoms with Crippen molar-refractivity contribution in [2.75, 3.05) is 0 Å². The number of aromatic nitrogens is 4. The maximum atomic E-state index is 4.34. The maximum Gasteiger partial charge on any atom is 0.0638 e. The van der Waals surface area contributed by atoms with E-state index in [9.17, 15) is 0 Å². The van der Waals surface area contributed by atoms with E-state index < -0.39 is 0 Å². The van der Waals surface area contributed by atoms with E-state index in [0.717, 1.165) is 25.3 Å². The minimum atomic E-state index is 0. The van der Waals surface area contributed by atoms with Gasteiger partial charge in [-0.1, -0.05) is 0 Å². The molecular weight excluding hydrogens is 262 g/mol. The molecule has 2 aromatic rings. The van der Waals surface area contributed by atoms with Gasteiger partial charge in [0, 0.05) is 38.4 Å². The summed E-state index contributed by atoms with van der Waals surface area (Å²) in [6.45, 7) is 8.85.